The second kappa shape index (κ2) is 9.79. The molecule has 1 aromatic carbocycles. The number of halogens is 1. The van der Waals surface area contributed by atoms with Gasteiger partial charge in [-0.1, -0.05) is 23.1 Å². The highest BCUT2D eigenvalue weighted by atomic mass is 127. The number of hydrogen-bond donors (Lipinski definition) is 1. The molecule has 0 aliphatic carbocycles. The van der Waals surface area contributed by atoms with E-state index in [0.717, 1.165) is 3.57 Å². The molecule has 0 bridgehead atoms. The molecule has 0 spiro atoms. The van der Waals surface area contributed by atoms with E-state index >= 15 is 0 Å². The number of aromatic nitrogens is 2. The van der Waals surface area contributed by atoms with Crippen molar-refractivity contribution in [3.8, 4) is 5.75 Å². The Kier molecular flexibility index (Phi) is 7.72. The van der Waals surface area contributed by atoms with E-state index in [2.05, 4.69) is 38.1 Å². The van der Waals surface area contributed by atoms with Crippen LogP contribution in [-0.2, 0) is 14.3 Å². The van der Waals surface area contributed by atoms with Crippen molar-refractivity contribution in [2.45, 2.75) is 11.3 Å². The monoisotopic (exact) mass is 479 g/mol. The molecule has 2 aromatic rings. The number of thioether (sulfide) groups is 1. The van der Waals surface area contributed by atoms with Gasteiger partial charge in [-0.15, -0.1) is 10.2 Å². The number of hydrogen-bond acceptors (Lipinski definition) is 8. The molecule has 0 saturated heterocycles. The van der Waals surface area contributed by atoms with Gasteiger partial charge in [0, 0.05) is 3.57 Å². The molecule has 0 saturated carbocycles. The van der Waals surface area contributed by atoms with E-state index in [1.165, 1.54) is 23.1 Å². The number of benzene rings is 1. The highest BCUT2D eigenvalue weighted by Gasteiger charge is 2.11. The summed E-state index contributed by atoms with van der Waals surface area (Å²) in [5.41, 5.74) is 0. The molecule has 0 radical (unpaired) electrons. The van der Waals surface area contributed by atoms with E-state index in [1.54, 1.807) is 19.1 Å². The first-order valence-corrected chi connectivity index (χ1v) is 9.75. The molecular formula is C14H14IN3O4S2. The maximum atomic E-state index is 11.8. The number of anilines is 1. The Morgan fingerprint density at radius 3 is 2.75 bits per heavy atom. The minimum Gasteiger partial charge on any atom is -0.484 e. The molecule has 24 heavy (non-hydrogen) atoms. The summed E-state index contributed by atoms with van der Waals surface area (Å²) in [4.78, 5) is 23.1. The van der Waals surface area contributed by atoms with Crippen LogP contribution in [0, 0.1) is 3.57 Å². The number of carbonyl (C=O) groups is 2. The second-order valence-electron chi connectivity index (χ2n) is 4.26. The third-order valence-corrected chi connectivity index (χ3v) is 5.12. The maximum Gasteiger partial charge on any atom is 0.316 e. The summed E-state index contributed by atoms with van der Waals surface area (Å²) in [5, 5.41) is 10.7. The molecule has 0 atom stereocenters. The Labute approximate surface area is 160 Å². The zero-order valence-electron chi connectivity index (χ0n) is 12.7. The first-order valence-electron chi connectivity index (χ1n) is 6.87. The number of nitrogens with one attached hydrogen (secondary N) is 1. The lowest BCUT2D eigenvalue weighted by molar-refractivity contribution is -0.139. The quantitative estimate of drug-likeness (QED) is 0.270. The molecule has 7 nitrogen and oxygen atoms in total. The number of esters is 1. The standard InChI is InChI=1S/C14H14IN3O4S2/c1-2-21-12(20)8-23-14-18-17-13(24-14)16-11(19)7-22-10-5-3-9(15)4-6-10/h3-6H,2,7-8H2,1H3,(H,16,17,19). The Morgan fingerprint density at radius 1 is 1.29 bits per heavy atom. The normalized spacial score (nSPS) is 10.2. The Bertz CT molecular complexity index is 694. The Hall–Kier alpha value is -1.40. The van der Waals surface area contributed by atoms with Crippen LogP contribution in [0.2, 0.25) is 0 Å². The van der Waals surface area contributed by atoms with Gasteiger partial charge in [0.2, 0.25) is 5.13 Å². The molecule has 0 fully saturated rings. The minimum absolute atomic E-state index is 0.120. The second-order valence-corrected chi connectivity index (χ2v) is 7.70. The van der Waals surface area contributed by atoms with Crippen molar-refractivity contribution in [1.82, 2.24) is 10.2 Å². The summed E-state index contributed by atoms with van der Waals surface area (Å²) in [5.74, 6) is 0.140. The van der Waals surface area contributed by atoms with Crippen LogP contribution < -0.4 is 10.1 Å². The zero-order valence-corrected chi connectivity index (χ0v) is 16.4. The Morgan fingerprint density at radius 2 is 2.04 bits per heavy atom. The topological polar surface area (TPSA) is 90.4 Å². The lowest BCUT2D eigenvalue weighted by atomic mass is 10.3. The third-order valence-electron chi connectivity index (χ3n) is 2.46. The minimum atomic E-state index is -0.327. The summed E-state index contributed by atoms with van der Waals surface area (Å²) in [7, 11) is 0. The van der Waals surface area contributed by atoms with Gasteiger partial charge in [0.15, 0.2) is 10.9 Å². The van der Waals surface area contributed by atoms with E-state index in [1.807, 2.05) is 12.1 Å². The summed E-state index contributed by atoms with van der Waals surface area (Å²) in [6.45, 7) is 1.97. The summed E-state index contributed by atoms with van der Waals surface area (Å²) < 4.78 is 11.9. The van der Waals surface area contributed by atoms with Gasteiger partial charge in [0.05, 0.1) is 12.4 Å². The summed E-state index contributed by atoms with van der Waals surface area (Å²) >= 11 is 4.60. The maximum absolute atomic E-state index is 11.8. The molecule has 1 aromatic heterocycles. The first-order chi connectivity index (χ1) is 11.6. The van der Waals surface area contributed by atoms with Gasteiger partial charge in [0.25, 0.3) is 5.91 Å². The van der Waals surface area contributed by atoms with Crippen LogP contribution >= 0.6 is 45.7 Å². The number of ether oxygens (including phenoxy) is 2. The van der Waals surface area contributed by atoms with Gasteiger partial charge >= 0.3 is 5.97 Å². The highest BCUT2D eigenvalue weighted by molar-refractivity contribution is 14.1. The fraction of sp³-hybridized carbons (Fsp3) is 0.286. The molecular weight excluding hydrogens is 465 g/mol. The van der Waals surface area contributed by atoms with E-state index < -0.39 is 0 Å². The molecule has 0 aliphatic heterocycles. The van der Waals surface area contributed by atoms with Crippen molar-refractivity contribution in [3.63, 3.8) is 0 Å². The molecule has 0 unspecified atom stereocenters. The van der Waals surface area contributed by atoms with Crippen LogP contribution in [0.3, 0.4) is 0 Å². The van der Waals surface area contributed by atoms with Crippen LogP contribution in [0.1, 0.15) is 6.92 Å². The molecule has 0 aliphatic rings. The largest absolute Gasteiger partial charge is 0.484 e. The van der Waals surface area contributed by atoms with Crippen molar-refractivity contribution < 1.29 is 19.1 Å². The number of amides is 1. The average Bonchev–Trinajstić information content (AvgIpc) is 3.00. The highest BCUT2D eigenvalue weighted by Crippen LogP contribution is 2.25. The van der Waals surface area contributed by atoms with Gasteiger partial charge in [-0.2, -0.15) is 0 Å². The van der Waals surface area contributed by atoms with E-state index in [4.69, 9.17) is 9.47 Å². The Balaban J connectivity index is 1.75. The van der Waals surface area contributed by atoms with Gasteiger partial charge in [-0.05, 0) is 53.8 Å². The van der Waals surface area contributed by atoms with Gasteiger partial charge in [0.1, 0.15) is 5.75 Å². The van der Waals surface area contributed by atoms with Gasteiger partial charge in [-0.3, -0.25) is 14.9 Å². The molecule has 2 rings (SSSR count). The molecule has 10 heteroatoms. The van der Waals surface area contributed by atoms with Gasteiger partial charge < -0.3 is 9.47 Å². The van der Waals surface area contributed by atoms with E-state index in [-0.39, 0.29) is 24.2 Å². The SMILES string of the molecule is CCOC(=O)CSc1nnc(NC(=O)COc2ccc(I)cc2)s1. The lowest BCUT2D eigenvalue weighted by Gasteiger charge is -2.05. The van der Waals surface area contributed by atoms with Crippen LogP contribution in [0.25, 0.3) is 0 Å². The van der Waals surface area contributed by atoms with Crippen molar-refractivity contribution in [2.75, 3.05) is 24.3 Å². The van der Waals surface area contributed by atoms with E-state index in [0.29, 0.717) is 21.8 Å². The molecule has 1 heterocycles. The van der Waals surface area contributed by atoms with Crippen molar-refractivity contribution in [2.24, 2.45) is 0 Å². The molecule has 1 N–H and O–H groups in total. The van der Waals surface area contributed by atoms with Crippen molar-refractivity contribution in [3.05, 3.63) is 27.8 Å². The zero-order chi connectivity index (χ0) is 17.4. The van der Waals surface area contributed by atoms with Crippen LogP contribution in [0.15, 0.2) is 28.6 Å². The molecule has 1 amide bonds. The van der Waals surface area contributed by atoms with Crippen LogP contribution in [0.4, 0.5) is 5.13 Å². The first kappa shape index (κ1) is 18.9. The molecule has 128 valence electrons. The number of nitrogens with zero attached hydrogens (tertiary/aromatic N) is 2. The predicted octanol–water partition coefficient (Wildman–Crippen LogP) is 2.82. The van der Waals surface area contributed by atoms with E-state index in [9.17, 15) is 9.59 Å². The summed E-state index contributed by atoms with van der Waals surface area (Å²) in [6.07, 6.45) is 0. The smallest absolute Gasteiger partial charge is 0.316 e. The predicted molar refractivity (Wildman–Crippen MR) is 101 cm³/mol. The van der Waals surface area contributed by atoms with Gasteiger partial charge in [-0.25, -0.2) is 0 Å². The fourth-order valence-electron chi connectivity index (χ4n) is 1.48. The fourth-order valence-corrected chi connectivity index (χ4v) is 3.40. The van der Waals surface area contributed by atoms with Crippen molar-refractivity contribution >= 4 is 62.7 Å². The average molecular weight is 479 g/mol. The number of rotatable bonds is 8. The van der Waals surface area contributed by atoms with Crippen LogP contribution in [-0.4, -0.2) is 41.0 Å². The van der Waals surface area contributed by atoms with Crippen LogP contribution in [0.5, 0.6) is 5.75 Å². The number of carbonyl (C=O) groups excluding carboxylic acids is 2. The summed E-state index contributed by atoms with van der Waals surface area (Å²) in [6, 6.07) is 7.38. The third kappa shape index (κ3) is 6.61. The lowest BCUT2D eigenvalue weighted by Crippen LogP contribution is -2.20. The van der Waals surface area contributed by atoms with Crippen molar-refractivity contribution in [1.29, 1.82) is 0 Å².